The van der Waals surface area contributed by atoms with E-state index < -0.39 is 41.8 Å². The third kappa shape index (κ3) is 7.60. The van der Waals surface area contributed by atoms with Crippen LogP contribution >= 0.6 is 11.3 Å². The number of aromatic nitrogens is 2. The molecule has 1 unspecified atom stereocenters. The van der Waals surface area contributed by atoms with Gasteiger partial charge in [0.2, 0.25) is 5.91 Å². The van der Waals surface area contributed by atoms with Gasteiger partial charge in [-0.05, 0) is 66.9 Å². The van der Waals surface area contributed by atoms with Crippen LogP contribution in [0.3, 0.4) is 0 Å². The van der Waals surface area contributed by atoms with Gasteiger partial charge < -0.3 is 10.6 Å². The van der Waals surface area contributed by atoms with E-state index in [0.29, 0.717) is 18.6 Å². The molecular formula is C35H28F6N4OS. The predicted molar refractivity (Wildman–Crippen MR) is 171 cm³/mol. The molecule has 2 heterocycles. The Labute approximate surface area is 269 Å². The molecule has 12 heteroatoms. The van der Waals surface area contributed by atoms with Crippen molar-refractivity contribution in [2.24, 2.45) is 0 Å². The molecule has 6 aromatic rings. The van der Waals surface area contributed by atoms with Gasteiger partial charge in [-0.2, -0.15) is 26.3 Å². The first-order chi connectivity index (χ1) is 22.3. The van der Waals surface area contributed by atoms with Crippen molar-refractivity contribution in [3.8, 4) is 11.3 Å². The molecule has 5 nitrogen and oxygen atoms in total. The maximum atomic E-state index is 13.3. The van der Waals surface area contributed by atoms with E-state index in [0.717, 1.165) is 43.2 Å². The summed E-state index contributed by atoms with van der Waals surface area (Å²) in [6.45, 7) is 2.19. The number of carbonyl (C=O) groups is 1. The largest absolute Gasteiger partial charge is 0.416 e. The van der Waals surface area contributed by atoms with Gasteiger partial charge in [-0.3, -0.25) is 9.20 Å². The monoisotopic (exact) mass is 666 g/mol. The predicted octanol–water partition coefficient (Wildman–Crippen LogP) is 8.94. The van der Waals surface area contributed by atoms with Crippen molar-refractivity contribution in [1.29, 1.82) is 0 Å². The van der Waals surface area contributed by atoms with Gasteiger partial charge in [-0.25, -0.2) is 4.98 Å². The fraction of sp³-hybridized carbons (Fsp3) is 0.200. The molecule has 4 aromatic carbocycles. The molecule has 0 fully saturated rings. The number of rotatable bonds is 9. The molecule has 1 atom stereocenters. The second-order valence-corrected chi connectivity index (χ2v) is 12.4. The van der Waals surface area contributed by atoms with Crippen molar-refractivity contribution in [1.82, 2.24) is 14.7 Å². The topological polar surface area (TPSA) is 58.4 Å². The Balaban J connectivity index is 1.16. The van der Waals surface area contributed by atoms with Crippen LogP contribution < -0.4 is 10.6 Å². The van der Waals surface area contributed by atoms with E-state index >= 15 is 0 Å². The molecule has 2 aromatic heterocycles. The number of alkyl halides is 6. The highest BCUT2D eigenvalue weighted by molar-refractivity contribution is 7.23. The van der Waals surface area contributed by atoms with Crippen molar-refractivity contribution < 1.29 is 31.1 Å². The molecule has 0 saturated carbocycles. The maximum absolute atomic E-state index is 13.3. The Morgan fingerprint density at radius 1 is 0.851 bits per heavy atom. The minimum atomic E-state index is -5.00. The standard InChI is InChI=1S/C35H28F6N4OS/c1-21-6-8-22(9-7-21)16-28(43-32(46)17-23-14-25(34(36,37)38)18-26(15-23)35(39,40)41)19-42-27-12-10-24(11-13-27)29-20-45-30-4-2-3-5-31(30)47-33(45)44-29/h2-15,18,20,28,42H,16-17,19H2,1H3,(H,43,46). The van der Waals surface area contributed by atoms with E-state index in [1.54, 1.807) is 11.3 Å². The number of carbonyl (C=O) groups excluding carboxylic acids is 1. The maximum Gasteiger partial charge on any atom is 0.416 e. The number of anilines is 1. The number of para-hydroxylation sites is 1. The normalized spacial score (nSPS) is 12.8. The van der Waals surface area contributed by atoms with Crippen LogP contribution in [0, 0.1) is 6.92 Å². The Kier molecular flexibility index (Phi) is 8.71. The summed E-state index contributed by atoms with van der Waals surface area (Å²) in [6.07, 6.45) is -8.27. The van der Waals surface area contributed by atoms with Gasteiger partial charge in [0.15, 0.2) is 4.96 Å². The van der Waals surface area contributed by atoms with Crippen LogP contribution in [-0.4, -0.2) is 27.9 Å². The number of nitrogens with zero attached hydrogens (tertiary/aromatic N) is 2. The zero-order valence-electron chi connectivity index (χ0n) is 24.9. The van der Waals surface area contributed by atoms with E-state index in [9.17, 15) is 31.1 Å². The molecule has 0 saturated heterocycles. The number of hydrogen-bond acceptors (Lipinski definition) is 4. The zero-order chi connectivity index (χ0) is 33.3. The van der Waals surface area contributed by atoms with Crippen LogP contribution in [0.4, 0.5) is 32.0 Å². The third-order valence-electron chi connectivity index (χ3n) is 7.71. The number of hydrogen-bond donors (Lipinski definition) is 2. The number of fused-ring (bicyclic) bond motifs is 3. The summed E-state index contributed by atoms with van der Waals surface area (Å²) in [4.78, 5) is 18.7. The first kappa shape index (κ1) is 32.1. The first-order valence-electron chi connectivity index (χ1n) is 14.7. The molecule has 242 valence electrons. The Bertz CT molecular complexity index is 2000. The van der Waals surface area contributed by atoms with Crippen LogP contribution in [0.1, 0.15) is 27.8 Å². The molecule has 0 aliphatic rings. The van der Waals surface area contributed by atoms with Gasteiger partial charge in [0, 0.05) is 24.0 Å². The smallest absolute Gasteiger partial charge is 0.383 e. The number of halogens is 6. The van der Waals surface area contributed by atoms with Crippen LogP contribution in [0.5, 0.6) is 0 Å². The highest BCUT2D eigenvalue weighted by atomic mass is 32.1. The summed E-state index contributed by atoms with van der Waals surface area (Å²) in [7, 11) is 0. The summed E-state index contributed by atoms with van der Waals surface area (Å²) in [6, 6.07) is 24.0. The average Bonchev–Trinajstić information content (AvgIpc) is 3.59. The molecular weight excluding hydrogens is 638 g/mol. The number of amides is 1. The minimum Gasteiger partial charge on any atom is -0.383 e. The highest BCUT2D eigenvalue weighted by Gasteiger charge is 2.37. The molecule has 6 rings (SSSR count). The van der Waals surface area contributed by atoms with E-state index in [1.807, 2.05) is 79.9 Å². The molecule has 0 aliphatic heterocycles. The van der Waals surface area contributed by atoms with Gasteiger partial charge >= 0.3 is 12.4 Å². The van der Waals surface area contributed by atoms with Gasteiger partial charge in [0.1, 0.15) is 0 Å². The lowest BCUT2D eigenvalue weighted by molar-refractivity contribution is -0.143. The molecule has 0 spiro atoms. The van der Waals surface area contributed by atoms with E-state index in [1.165, 1.54) is 0 Å². The number of benzene rings is 4. The van der Waals surface area contributed by atoms with Crippen LogP contribution in [0.2, 0.25) is 0 Å². The molecule has 0 aliphatic carbocycles. The van der Waals surface area contributed by atoms with Crippen molar-refractivity contribution in [3.05, 3.63) is 125 Å². The fourth-order valence-electron chi connectivity index (χ4n) is 5.36. The number of aryl methyl sites for hydroxylation is 1. The van der Waals surface area contributed by atoms with E-state index in [-0.39, 0.29) is 18.2 Å². The second kappa shape index (κ2) is 12.7. The summed E-state index contributed by atoms with van der Waals surface area (Å²) in [5.74, 6) is -0.695. The van der Waals surface area contributed by atoms with Gasteiger partial charge in [-0.15, -0.1) is 0 Å². The van der Waals surface area contributed by atoms with Crippen LogP contribution in [0.15, 0.2) is 97.2 Å². The molecule has 0 bridgehead atoms. The Morgan fingerprint density at radius 2 is 1.51 bits per heavy atom. The number of thiazole rings is 1. The summed E-state index contributed by atoms with van der Waals surface area (Å²) in [5, 5.41) is 6.10. The summed E-state index contributed by atoms with van der Waals surface area (Å²) >= 11 is 1.61. The third-order valence-corrected chi connectivity index (χ3v) is 8.75. The Hall–Kier alpha value is -4.84. The van der Waals surface area contributed by atoms with Gasteiger partial charge in [0.05, 0.1) is 39.5 Å². The summed E-state index contributed by atoms with van der Waals surface area (Å²) in [5.41, 5.74) is 2.23. The second-order valence-electron chi connectivity index (χ2n) is 11.4. The summed E-state index contributed by atoms with van der Waals surface area (Å²) < 4.78 is 83.3. The fourth-order valence-corrected chi connectivity index (χ4v) is 6.36. The van der Waals surface area contributed by atoms with Crippen molar-refractivity contribution in [3.63, 3.8) is 0 Å². The molecule has 1 amide bonds. The lowest BCUT2D eigenvalue weighted by Crippen LogP contribution is -2.42. The molecule has 47 heavy (non-hydrogen) atoms. The quantitative estimate of drug-likeness (QED) is 0.152. The van der Waals surface area contributed by atoms with E-state index in [2.05, 4.69) is 21.1 Å². The number of imidazole rings is 1. The molecule has 0 radical (unpaired) electrons. The lowest BCUT2D eigenvalue weighted by atomic mass is 10.0. The average molecular weight is 667 g/mol. The van der Waals surface area contributed by atoms with Crippen LogP contribution in [0.25, 0.3) is 26.4 Å². The first-order valence-corrected chi connectivity index (χ1v) is 15.5. The van der Waals surface area contributed by atoms with Gasteiger partial charge in [-0.1, -0.05) is 65.4 Å². The SMILES string of the molecule is Cc1ccc(CC(CNc2ccc(-c3cn4c(n3)sc3ccccc34)cc2)NC(=O)Cc2cc(C(F)(F)F)cc(C(F)(F)F)c2)cc1. The lowest BCUT2D eigenvalue weighted by Gasteiger charge is -2.21. The van der Waals surface area contributed by atoms with Crippen molar-refractivity contribution >= 4 is 38.1 Å². The van der Waals surface area contributed by atoms with Gasteiger partial charge in [0.25, 0.3) is 0 Å². The zero-order valence-corrected chi connectivity index (χ0v) is 25.7. The Morgan fingerprint density at radius 3 is 2.17 bits per heavy atom. The molecule has 2 N–H and O–H groups in total. The van der Waals surface area contributed by atoms with Crippen molar-refractivity contribution in [2.45, 2.75) is 38.2 Å². The van der Waals surface area contributed by atoms with Crippen LogP contribution in [-0.2, 0) is 30.0 Å². The highest BCUT2D eigenvalue weighted by Crippen LogP contribution is 2.36. The van der Waals surface area contributed by atoms with E-state index in [4.69, 9.17) is 4.98 Å². The van der Waals surface area contributed by atoms with Crippen molar-refractivity contribution in [2.75, 3.05) is 11.9 Å². The minimum absolute atomic E-state index is 0.0499. The number of nitrogens with one attached hydrogen (secondary N) is 2.